The first-order valence-corrected chi connectivity index (χ1v) is 13.4. The molecule has 0 aliphatic carbocycles. The fourth-order valence-electron chi connectivity index (χ4n) is 3.75. The third kappa shape index (κ3) is 9.84. The number of phenolic OH excluding ortho intramolecular Hbond substituents is 1. The monoisotopic (exact) mass is 571 g/mol. The van der Waals surface area contributed by atoms with Gasteiger partial charge < -0.3 is 36.3 Å². The standard InChI is InChI=1S/C30H33N7O5/c31-27(40)22-8-10-23(11-9-22)33-29-35-28(36-30(37-29)34-24-12-14-25(38)15-13-24)32-16-18-42-20-19-41-17-4-7-26(39)21-5-2-1-3-6-21/h1-3,5-6,8-15,38H,4,7,16-20H2,(H2,31,40)(H3,32,33,34,35,36,37). The van der Waals surface area contributed by atoms with Crippen LogP contribution in [0.1, 0.15) is 33.6 Å². The number of phenols is 1. The number of rotatable bonds is 17. The minimum absolute atomic E-state index is 0.112. The Hall–Kier alpha value is -5.07. The molecule has 42 heavy (non-hydrogen) atoms. The molecule has 4 aromatic rings. The largest absolute Gasteiger partial charge is 0.508 e. The van der Waals surface area contributed by atoms with Crippen LogP contribution in [0.25, 0.3) is 0 Å². The second-order valence-electron chi connectivity index (χ2n) is 9.09. The lowest BCUT2D eigenvalue weighted by atomic mass is 10.1. The molecule has 0 saturated heterocycles. The zero-order chi connectivity index (χ0) is 29.6. The van der Waals surface area contributed by atoms with Gasteiger partial charge >= 0.3 is 0 Å². The van der Waals surface area contributed by atoms with Crippen LogP contribution in [0, 0.1) is 0 Å². The van der Waals surface area contributed by atoms with E-state index < -0.39 is 5.91 Å². The van der Waals surface area contributed by atoms with E-state index in [1.165, 1.54) is 0 Å². The molecule has 0 spiro atoms. The highest BCUT2D eigenvalue weighted by Crippen LogP contribution is 2.20. The lowest BCUT2D eigenvalue weighted by molar-refractivity contribution is 0.0497. The van der Waals surface area contributed by atoms with Gasteiger partial charge in [0.2, 0.25) is 23.8 Å². The Bertz CT molecular complexity index is 1440. The second kappa shape index (κ2) is 15.6. The summed E-state index contributed by atoms with van der Waals surface area (Å²) in [6, 6.07) is 22.3. The van der Waals surface area contributed by atoms with Crippen molar-refractivity contribution in [1.82, 2.24) is 15.0 Å². The van der Waals surface area contributed by atoms with Crippen molar-refractivity contribution < 1.29 is 24.2 Å². The van der Waals surface area contributed by atoms with Crippen LogP contribution in [-0.2, 0) is 9.47 Å². The van der Waals surface area contributed by atoms with Gasteiger partial charge in [-0.25, -0.2) is 0 Å². The van der Waals surface area contributed by atoms with Gasteiger partial charge in [0.25, 0.3) is 0 Å². The van der Waals surface area contributed by atoms with Gasteiger partial charge in [0.1, 0.15) is 5.75 Å². The number of Topliss-reactive ketones (excluding diaryl/α,β-unsaturated/α-hetero) is 1. The third-order valence-electron chi connectivity index (χ3n) is 5.87. The van der Waals surface area contributed by atoms with E-state index in [0.29, 0.717) is 68.7 Å². The van der Waals surface area contributed by atoms with Gasteiger partial charge in [-0.1, -0.05) is 30.3 Å². The van der Waals surface area contributed by atoms with E-state index in [4.69, 9.17) is 15.2 Å². The summed E-state index contributed by atoms with van der Waals surface area (Å²) in [5, 5.41) is 18.9. The first-order valence-electron chi connectivity index (χ1n) is 13.4. The van der Waals surface area contributed by atoms with Gasteiger partial charge in [0, 0.05) is 42.1 Å². The van der Waals surface area contributed by atoms with Gasteiger partial charge in [0.15, 0.2) is 5.78 Å². The molecule has 1 heterocycles. The SMILES string of the molecule is NC(=O)c1ccc(Nc2nc(NCCOCCOCCCC(=O)c3ccccc3)nc(Nc3ccc(O)cc3)n2)cc1. The maximum atomic E-state index is 12.1. The Morgan fingerprint density at radius 3 is 1.88 bits per heavy atom. The van der Waals surface area contributed by atoms with Crippen LogP contribution in [0.5, 0.6) is 5.75 Å². The summed E-state index contributed by atoms with van der Waals surface area (Å²) in [6.45, 7) is 2.14. The number of amides is 1. The van der Waals surface area contributed by atoms with E-state index in [1.54, 1.807) is 48.5 Å². The van der Waals surface area contributed by atoms with E-state index in [1.807, 2.05) is 30.3 Å². The second-order valence-corrected chi connectivity index (χ2v) is 9.09. The van der Waals surface area contributed by atoms with Crippen LogP contribution >= 0.6 is 0 Å². The number of nitrogens with zero attached hydrogens (tertiary/aromatic N) is 3. The quantitative estimate of drug-likeness (QED) is 0.0695. The molecule has 0 unspecified atom stereocenters. The number of anilines is 5. The molecule has 3 aromatic carbocycles. The zero-order valence-corrected chi connectivity index (χ0v) is 23.0. The van der Waals surface area contributed by atoms with Crippen molar-refractivity contribution in [2.24, 2.45) is 5.73 Å². The summed E-state index contributed by atoms with van der Waals surface area (Å²) < 4.78 is 11.2. The normalized spacial score (nSPS) is 10.7. The van der Waals surface area contributed by atoms with Gasteiger partial charge in [0.05, 0.1) is 19.8 Å². The Morgan fingerprint density at radius 2 is 1.26 bits per heavy atom. The minimum Gasteiger partial charge on any atom is -0.508 e. The summed E-state index contributed by atoms with van der Waals surface area (Å²) in [4.78, 5) is 36.7. The van der Waals surface area contributed by atoms with Crippen LogP contribution in [0.3, 0.4) is 0 Å². The highest BCUT2D eigenvalue weighted by atomic mass is 16.5. The maximum absolute atomic E-state index is 12.1. The number of aromatic hydroxyl groups is 1. The number of hydrogen-bond acceptors (Lipinski definition) is 11. The smallest absolute Gasteiger partial charge is 0.248 e. The van der Waals surface area contributed by atoms with Gasteiger partial charge in [-0.05, 0) is 55.0 Å². The highest BCUT2D eigenvalue weighted by Gasteiger charge is 2.09. The molecule has 0 aliphatic rings. The molecule has 218 valence electrons. The predicted molar refractivity (Wildman–Crippen MR) is 160 cm³/mol. The van der Waals surface area contributed by atoms with Crippen molar-refractivity contribution in [3.8, 4) is 5.75 Å². The average molecular weight is 572 g/mol. The number of hydrogen-bond donors (Lipinski definition) is 5. The predicted octanol–water partition coefficient (Wildman–Crippen LogP) is 4.27. The molecule has 6 N–H and O–H groups in total. The van der Waals surface area contributed by atoms with E-state index in [-0.39, 0.29) is 23.4 Å². The third-order valence-corrected chi connectivity index (χ3v) is 5.87. The number of carbonyl (C=O) groups excluding carboxylic acids is 2. The Morgan fingerprint density at radius 1 is 0.690 bits per heavy atom. The molecule has 12 heteroatoms. The van der Waals surface area contributed by atoms with E-state index >= 15 is 0 Å². The summed E-state index contributed by atoms with van der Waals surface area (Å²) in [5.41, 5.74) is 7.75. The first kappa shape index (κ1) is 29.9. The number of benzene rings is 3. The molecule has 12 nitrogen and oxygen atoms in total. The molecule has 0 bridgehead atoms. The van der Waals surface area contributed by atoms with E-state index in [0.717, 1.165) is 5.56 Å². The van der Waals surface area contributed by atoms with Crippen molar-refractivity contribution in [3.63, 3.8) is 0 Å². The molecular weight excluding hydrogens is 538 g/mol. The number of primary amides is 1. The molecule has 0 aliphatic heterocycles. The Labute approximate surface area is 243 Å². The summed E-state index contributed by atoms with van der Waals surface area (Å²) in [5.74, 6) is 0.586. The lowest BCUT2D eigenvalue weighted by Crippen LogP contribution is -2.15. The van der Waals surface area contributed by atoms with Crippen LogP contribution in [0.2, 0.25) is 0 Å². The minimum atomic E-state index is -0.516. The van der Waals surface area contributed by atoms with Crippen molar-refractivity contribution in [2.75, 3.05) is 48.9 Å². The molecular formula is C30H33N7O5. The van der Waals surface area contributed by atoms with Crippen molar-refractivity contribution in [3.05, 3.63) is 90.0 Å². The highest BCUT2D eigenvalue weighted by molar-refractivity contribution is 5.96. The van der Waals surface area contributed by atoms with Crippen LogP contribution in [-0.4, -0.2) is 64.7 Å². The number of aromatic nitrogens is 3. The van der Waals surface area contributed by atoms with Crippen LogP contribution in [0.4, 0.5) is 29.2 Å². The number of carbonyl (C=O) groups is 2. The van der Waals surface area contributed by atoms with Crippen LogP contribution < -0.4 is 21.7 Å². The first-order chi connectivity index (χ1) is 20.5. The maximum Gasteiger partial charge on any atom is 0.248 e. The molecule has 0 fully saturated rings. The summed E-state index contributed by atoms with van der Waals surface area (Å²) in [7, 11) is 0. The molecule has 1 amide bonds. The number of ether oxygens (including phenoxy) is 2. The lowest BCUT2D eigenvalue weighted by Gasteiger charge is -2.12. The van der Waals surface area contributed by atoms with Crippen molar-refractivity contribution in [2.45, 2.75) is 12.8 Å². The Kier molecular flexibility index (Phi) is 11.1. The summed E-state index contributed by atoms with van der Waals surface area (Å²) >= 11 is 0. The van der Waals surface area contributed by atoms with Crippen molar-refractivity contribution in [1.29, 1.82) is 0 Å². The average Bonchev–Trinajstić information content (AvgIpc) is 3.00. The molecule has 1 aromatic heterocycles. The van der Waals surface area contributed by atoms with Crippen LogP contribution in [0.15, 0.2) is 78.9 Å². The Balaban J connectivity index is 1.23. The van der Waals surface area contributed by atoms with E-state index in [2.05, 4.69) is 30.9 Å². The van der Waals surface area contributed by atoms with Gasteiger partial charge in [-0.3, -0.25) is 9.59 Å². The molecule has 4 rings (SSSR count). The zero-order valence-electron chi connectivity index (χ0n) is 23.0. The molecule has 0 saturated carbocycles. The fourth-order valence-corrected chi connectivity index (χ4v) is 3.75. The fraction of sp³-hybridized carbons (Fsp3) is 0.233. The van der Waals surface area contributed by atoms with Gasteiger partial charge in [-0.15, -0.1) is 0 Å². The van der Waals surface area contributed by atoms with Crippen molar-refractivity contribution >= 4 is 40.9 Å². The van der Waals surface area contributed by atoms with Gasteiger partial charge in [-0.2, -0.15) is 15.0 Å². The van der Waals surface area contributed by atoms with E-state index in [9.17, 15) is 14.7 Å². The number of ketones is 1. The topological polar surface area (TPSA) is 174 Å². The molecule has 0 radical (unpaired) electrons. The number of nitrogens with one attached hydrogen (secondary N) is 3. The molecule has 0 atom stereocenters. The summed E-state index contributed by atoms with van der Waals surface area (Å²) in [6.07, 6.45) is 1.10. The number of nitrogens with two attached hydrogens (primary N) is 1.